The van der Waals surface area contributed by atoms with E-state index in [0.29, 0.717) is 17.2 Å². The molecule has 0 amide bonds. The lowest BCUT2D eigenvalue weighted by atomic mass is 10.1. The lowest BCUT2D eigenvalue weighted by Crippen LogP contribution is -2.28. The smallest absolute Gasteiger partial charge is 0.148 e. The Kier molecular flexibility index (Phi) is 5.09. The second kappa shape index (κ2) is 6.83. The first-order valence-electron chi connectivity index (χ1n) is 6.75. The average molecular weight is 307 g/mol. The molecule has 2 N–H and O–H groups in total. The first-order chi connectivity index (χ1) is 10.0. The maximum atomic E-state index is 6.09. The van der Waals surface area contributed by atoms with Gasteiger partial charge in [0.25, 0.3) is 0 Å². The van der Waals surface area contributed by atoms with Crippen LogP contribution in [0.25, 0.3) is 0 Å². The topological polar surface area (TPSA) is 53.7 Å². The third kappa shape index (κ3) is 3.89. The largest absolute Gasteiger partial charge is 0.496 e. The number of rotatable bonds is 6. The molecular weight excluding hydrogens is 286 g/mol. The van der Waals surface area contributed by atoms with E-state index in [9.17, 15) is 0 Å². The maximum absolute atomic E-state index is 6.09. The summed E-state index contributed by atoms with van der Waals surface area (Å²) in [5.74, 6) is 2.06. The molecule has 114 valence electrons. The molecule has 0 aliphatic rings. The van der Waals surface area contributed by atoms with Gasteiger partial charge >= 0.3 is 0 Å². The van der Waals surface area contributed by atoms with Crippen LogP contribution in [0.5, 0.6) is 17.2 Å². The lowest BCUT2D eigenvalue weighted by molar-refractivity contribution is 0.183. The molecule has 2 unspecified atom stereocenters. The molecule has 0 radical (unpaired) electrons. The molecule has 2 atom stereocenters. The fourth-order valence-corrected chi connectivity index (χ4v) is 3.05. The van der Waals surface area contributed by atoms with Crippen LogP contribution in [0.15, 0.2) is 30.3 Å². The summed E-state index contributed by atoms with van der Waals surface area (Å²) in [5.41, 5.74) is 6.09. The van der Waals surface area contributed by atoms with E-state index in [2.05, 4.69) is 19.1 Å². The molecule has 1 heterocycles. The van der Waals surface area contributed by atoms with E-state index in [0.717, 1.165) is 4.88 Å². The highest BCUT2D eigenvalue weighted by Crippen LogP contribution is 2.33. The van der Waals surface area contributed by atoms with E-state index in [1.165, 1.54) is 4.88 Å². The van der Waals surface area contributed by atoms with Gasteiger partial charge in [-0.2, -0.15) is 0 Å². The van der Waals surface area contributed by atoms with Gasteiger partial charge in [0.05, 0.1) is 14.2 Å². The zero-order valence-corrected chi connectivity index (χ0v) is 13.6. The average Bonchev–Trinajstić information content (AvgIpc) is 2.90. The van der Waals surface area contributed by atoms with Gasteiger partial charge in [-0.05, 0) is 26.0 Å². The van der Waals surface area contributed by atoms with E-state index >= 15 is 0 Å². The molecule has 0 aliphatic carbocycles. The van der Waals surface area contributed by atoms with Crippen LogP contribution in [-0.2, 0) is 0 Å². The summed E-state index contributed by atoms with van der Waals surface area (Å²) in [4.78, 5) is 2.35. The molecule has 2 rings (SSSR count). The molecule has 5 heteroatoms. The Morgan fingerprint density at radius 1 is 1.00 bits per heavy atom. The molecule has 0 spiro atoms. The van der Waals surface area contributed by atoms with Gasteiger partial charge < -0.3 is 19.9 Å². The normalized spacial score (nSPS) is 13.6. The quantitative estimate of drug-likeness (QED) is 0.887. The predicted molar refractivity (Wildman–Crippen MR) is 85.6 cm³/mol. The lowest BCUT2D eigenvalue weighted by Gasteiger charge is -2.22. The van der Waals surface area contributed by atoms with Crippen LogP contribution in [0.1, 0.15) is 22.8 Å². The minimum absolute atomic E-state index is 0.125. The predicted octanol–water partition coefficient (Wildman–Crippen LogP) is 3.54. The fraction of sp³-hybridized carbons (Fsp3) is 0.375. The second-order valence-corrected chi connectivity index (χ2v) is 6.21. The van der Waals surface area contributed by atoms with Gasteiger partial charge in [0.1, 0.15) is 23.4 Å². The molecule has 1 aromatic heterocycles. The maximum Gasteiger partial charge on any atom is 0.148 e. The van der Waals surface area contributed by atoms with Crippen molar-refractivity contribution in [2.75, 3.05) is 14.2 Å². The van der Waals surface area contributed by atoms with E-state index in [-0.39, 0.29) is 12.1 Å². The van der Waals surface area contributed by atoms with Gasteiger partial charge in [-0.1, -0.05) is 0 Å². The van der Waals surface area contributed by atoms with Crippen molar-refractivity contribution in [3.05, 3.63) is 40.1 Å². The molecule has 2 aromatic rings. The number of hydrogen-bond acceptors (Lipinski definition) is 5. The third-order valence-corrected chi connectivity index (χ3v) is 4.17. The highest BCUT2D eigenvalue weighted by atomic mass is 32.1. The molecular formula is C16H21NO3S. The third-order valence-electron chi connectivity index (χ3n) is 3.11. The van der Waals surface area contributed by atoms with E-state index in [4.69, 9.17) is 19.9 Å². The highest BCUT2D eigenvalue weighted by Gasteiger charge is 2.20. The van der Waals surface area contributed by atoms with Crippen LogP contribution in [0.2, 0.25) is 0 Å². The van der Waals surface area contributed by atoms with E-state index in [1.54, 1.807) is 25.6 Å². The molecule has 0 aliphatic heterocycles. The van der Waals surface area contributed by atoms with Crippen molar-refractivity contribution in [2.45, 2.75) is 26.0 Å². The SMILES string of the molecule is COc1cc(OC)cc(OC(c2ccc(C)s2)C(C)N)c1. The number of methoxy groups -OCH3 is 2. The van der Waals surface area contributed by atoms with Crippen LogP contribution in [0, 0.1) is 6.92 Å². The van der Waals surface area contributed by atoms with Crippen molar-refractivity contribution in [3.8, 4) is 17.2 Å². The van der Waals surface area contributed by atoms with Crippen LogP contribution in [-0.4, -0.2) is 20.3 Å². The van der Waals surface area contributed by atoms with Crippen LogP contribution in [0.4, 0.5) is 0 Å². The number of ether oxygens (including phenoxy) is 3. The van der Waals surface area contributed by atoms with Gasteiger partial charge in [0.2, 0.25) is 0 Å². The van der Waals surface area contributed by atoms with Gasteiger partial charge in [0, 0.05) is 34.0 Å². The van der Waals surface area contributed by atoms with Crippen molar-refractivity contribution in [1.82, 2.24) is 0 Å². The van der Waals surface area contributed by atoms with Crippen molar-refractivity contribution in [3.63, 3.8) is 0 Å². The summed E-state index contributed by atoms with van der Waals surface area (Å²) in [7, 11) is 3.23. The molecule has 0 saturated carbocycles. The van der Waals surface area contributed by atoms with Crippen LogP contribution in [0.3, 0.4) is 0 Å². The summed E-state index contributed by atoms with van der Waals surface area (Å²) in [6, 6.07) is 9.48. The van der Waals surface area contributed by atoms with Crippen LogP contribution < -0.4 is 19.9 Å². The molecule has 21 heavy (non-hydrogen) atoms. The Hall–Kier alpha value is -1.72. The van der Waals surface area contributed by atoms with Crippen molar-refractivity contribution >= 4 is 11.3 Å². The van der Waals surface area contributed by atoms with Crippen molar-refractivity contribution < 1.29 is 14.2 Å². The number of hydrogen-bond donors (Lipinski definition) is 1. The van der Waals surface area contributed by atoms with Crippen molar-refractivity contribution in [2.24, 2.45) is 5.73 Å². The number of thiophene rings is 1. The number of benzene rings is 1. The number of nitrogens with two attached hydrogens (primary N) is 1. The van der Waals surface area contributed by atoms with Crippen molar-refractivity contribution in [1.29, 1.82) is 0 Å². The van der Waals surface area contributed by atoms with Crippen LogP contribution >= 0.6 is 11.3 Å². The molecule has 1 aromatic carbocycles. The van der Waals surface area contributed by atoms with E-state index in [1.807, 2.05) is 25.1 Å². The Labute approximate surface area is 129 Å². The zero-order chi connectivity index (χ0) is 15.4. The molecule has 4 nitrogen and oxygen atoms in total. The Morgan fingerprint density at radius 3 is 2.00 bits per heavy atom. The second-order valence-electron chi connectivity index (χ2n) is 4.89. The summed E-state index contributed by atoms with van der Waals surface area (Å²) < 4.78 is 16.6. The molecule has 0 fully saturated rings. The standard InChI is InChI=1S/C16H21NO3S/c1-10-5-6-15(21-10)16(11(2)17)20-14-8-12(18-3)7-13(9-14)19-4/h5-9,11,16H,17H2,1-4H3. The summed E-state index contributed by atoms with van der Waals surface area (Å²) in [6.07, 6.45) is -0.194. The first kappa shape index (κ1) is 15.7. The minimum atomic E-state index is -0.194. The summed E-state index contributed by atoms with van der Waals surface area (Å²) in [6.45, 7) is 4.01. The monoisotopic (exact) mass is 307 g/mol. The van der Waals surface area contributed by atoms with Gasteiger partial charge in [0.15, 0.2) is 0 Å². The fourth-order valence-electron chi connectivity index (χ4n) is 2.03. The van der Waals surface area contributed by atoms with Gasteiger partial charge in [-0.3, -0.25) is 0 Å². The Bertz CT molecular complexity index is 573. The number of aryl methyl sites for hydroxylation is 1. The zero-order valence-electron chi connectivity index (χ0n) is 12.8. The highest BCUT2D eigenvalue weighted by molar-refractivity contribution is 7.12. The summed E-state index contributed by atoms with van der Waals surface area (Å²) >= 11 is 1.70. The first-order valence-corrected chi connectivity index (χ1v) is 7.56. The summed E-state index contributed by atoms with van der Waals surface area (Å²) in [5, 5.41) is 0. The van der Waals surface area contributed by atoms with Gasteiger partial charge in [-0.25, -0.2) is 0 Å². The van der Waals surface area contributed by atoms with E-state index < -0.39 is 0 Å². The molecule has 0 bridgehead atoms. The Balaban J connectivity index is 2.28. The minimum Gasteiger partial charge on any atom is -0.496 e. The Morgan fingerprint density at radius 2 is 1.57 bits per heavy atom. The van der Waals surface area contributed by atoms with Gasteiger partial charge in [-0.15, -0.1) is 11.3 Å². The molecule has 0 saturated heterocycles.